The van der Waals surface area contributed by atoms with Gasteiger partial charge in [-0.25, -0.2) is 9.18 Å². The van der Waals surface area contributed by atoms with Gasteiger partial charge in [0.05, 0.1) is 23.8 Å². The number of nitrogens with zero attached hydrogens (tertiary/aromatic N) is 2. The Hall–Kier alpha value is -2.83. The molecule has 1 fully saturated rings. The van der Waals surface area contributed by atoms with Crippen LogP contribution in [-0.4, -0.2) is 43.4 Å². The first-order chi connectivity index (χ1) is 12.4. The Morgan fingerprint density at radius 1 is 1.35 bits per heavy atom. The first-order valence-electron chi connectivity index (χ1n) is 8.23. The number of carbonyl (C=O) groups excluding carboxylic acids is 1. The second kappa shape index (κ2) is 8.51. The predicted octanol–water partition coefficient (Wildman–Crippen LogP) is 3.24. The molecule has 0 aliphatic carbocycles. The van der Waals surface area contributed by atoms with Gasteiger partial charge in [0.1, 0.15) is 12.4 Å². The highest BCUT2D eigenvalue weighted by atomic mass is 19.1. The molecule has 1 aliphatic heterocycles. The summed E-state index contributed by atoms with van der Waals surface area (Å²) in [6.07, 6.45) is 2.06. The van der Waals surface area contributed by atoms with Crippen LogP contribution in [0.15, 0.2) is 29.8 Å². The second-order valence-electron chi connectivity index (χ2n) is 6.35. The second-order valence-corrected chi connectivity index (χ2v) is 6.35. The number of nitriles is 1. The largest absolute Gasteiger partial charge is 0.447 e. The average molecular weight is 356 g/mol. The molecule has 0 unspecified atom stereocenters. The van der Waals surface area contributed by atoms with E-state index in [1.165, 1.54) is 12.1 Å². The molecule has 1 heterocycles. The molecule has 26 heavy (non-hydrogen) atoms. The number of amides is 1. The molecule has 0 bridgehead atoms. The highest BCUT2D eigenvalue weighted by molar-refractivity contribution is 5.70. The molecule has 2 rings (SSSR count). The summed E-state index contributed by atoms with van der Waals surface area (Å²) < 4.78 is 23.5. The summed E-state index contributed by atoms with van der Waals surface area (Å²) in [7, 11) is 1.55. The molecule has 0 radical (unpaired) electrons. The van der Waals surface area contributed by atoms with Gasteiger partial charge < -0.3 is 9.47 Å². The number of allylic oxidation sites excluding steroid dienone is 1. The standard InChI is InChI=1S/C20H21FN2O3/c1-20(2)17(7-8-23(20)19(24)26-10-9-25-3)6-4-5-15-11-16(14-22)13-18(21)12-15/h6,11-13H,7-10H2,1-3H3/b17-6+. The maximum atomic E-state index is 13.4. The number of halogens is 1. The number of methoxy groups -OCH3 is 1. The van der Waals surface area contributed by atoms with E-state index in [2.05, 4.69) is 11.8 Å². The highest BCUT2D eigenvalue weighted by Crippen LogP contribution is 2.34. The summed E-state index contributed by atoms with van der Waals surface area (Å²) in [6, 6.07) is 5.88. The van der Waals surface area contributed by atoms with E-state index >= 15 is 0 Å². The quantitative estimate of drug-likeness (QED) is 0.616. The fourth-order valence-electron chi connectivity index (χ4n) is 2.78. The number of likely N-dealkylation sites (tertiary alicyclic amines) is 1. The molecule has 0 aromatic heterocycles. The van der Waals surface area contributed by atoms with Crippen LogP contribution in [0.3, 0.4) is 0 Å². The number of hydrogen-bond acceptors (Lipinski definition) is 4. The molecule has 1 aromatic rings. The van der Waals surface area contributed by atoms with Gasteiger partial charge in [-0.3, -0.25) is 4.90 Å². The van der Waals surface area contributed by atoms with Crippen LogP contribution >= 0.6 is 0 Å². The smallest absolute Gasteiger partial charge is 0.410 e. The molecule has 5 nitrogen and oxygen atoms in total. The fraction of sp³-hybridized carbons (Fsp3) is 0.400. The molecule has 0 spiro atoms. The third-order valence-electron chi connectivity index (χ3n) is 4.29. The average Bonchev–Trinajstić information content (AvgIpc) is 2.89. The molecule has 136 valence electrons. The van der Waals surface area contributed by atoms with Gasteiger partial charge in [-0.1, -0.05) is 11.8 Å². The molecule has 1 amide bonds. The van der Waals surface area contributed by atoms with Crippen LogP contribution in [0, 0.1) is 29.0 Å². The van der Waals surface area contributed by atoms with Crippen LogP contribution in [0.2, 0.25) is 0 Å². The van der Waals surface area contributed by atoms with Crippen LogP contribution in [-0.2, 0) is 9.47 Å². The summed E-state index contributed by atoms with van der Waals surface area (Å²) in [4.78, 5) is 13.9. The van der Waals surface area contributed by atoms with E-state index in [1.54, 1.807) is 18.1 Å². The minimum absolute atomic E-state index is 0.210. The van der Waals surface area contributed by atoms with E-state index in [0.29, 0.717) is 25.1 Å². The minimum atomic E-state index is -0.515. The maximum absolute atomic E-state index is 13.4. The van der Waals surface area contributed by atoms with Crippen molar-refractivity contribution in [1.29, 1.82) is 5.26 Å². The lowest BCUT2D eigenvalue weighted by Crippen LogP contribution is -2.44. The third-order valence-corrected chi connectivity index (χ3v) is 4.29. The lowest BCUT2D eigenvalue weighted by atomic mass is 9.95. The Kier molecular flexibility index (Phi) is 6.38. The topological polar surface area (TPSA) is 62.6 Å². The summed E-state index contributed by atoms with van der Waals surface area (Å²) in [6.45, 7) is 4.97. The van der Waals surface area contributed by atoms with Crippen molar-refractivity contribution >= 4 is 6.09 Å². The number of carbonyl (C=O) groups is 1. The SMILES string of the molecule is COCCOC(=O)N1CC/C(=C\C#Cc2cc(F)cc(C#N)c2)C1(C)C. The molecule has 6 heteroatoms. The van der Waals surface area contributed by atoms with Gasteiger partial charge in [0.15, 0.2) is 0 Å². The van der Waals surface area contributed by atoms with Crippen LogP contribution in [0.1, 0.15) is 31.4 Å². The van der Waals surface area contributed by atoms with Crippen molar-refractivity contribution in [3.63, 3.8) is 0 Å². The lowest BCUT2D eigenvalue weighted by molar-refractivity contribution is 0.0610. The van der Waals surface area contributed by atoms with Crippen molar-refractivity contribution in [1.82, 2.24) is 4.90 Å². The first-order valence-corrected chi connectivity index (χ1v) is 8.23. The van der Waals surface area contributed by atoms with Gasteiger partial charge in [0, 0.05) is 19.2 Å². The molecule has 0 atom stereocenters. The summed E-state index contributed by atoms with van der Waals surface area (Å²) in [5.74, 6) is 5.25. The minimum Gasteiger partial charge on any atom is -0.447 e. The Bertz CT molecular complexity index is 813. The van der Waals surface area contributed by atoms with E-state index in [9.17, 15) is 9.18 Å². The molecule has 1 aromatic carbocycles. The lowest BCUT2D eigenvalue weighted by Gasteiger charge is -2.31. The maximum Gasteiger partial charge on any atom is 0.410 e. The summed E-state index contributed by atoms with van der Waals surface area (Å²) in [5.41, 5.74) is 1.14. The highest BCUT2D eigenvalue weighted by Gasteiger charge is 2.40. The van der Waals surface area contributed by atoms with E-state index in [0.717, 1.165) is 11.6 Å². The van der Waals surface area contributed by atoms with Crippen molar-refractivity contribution in [3.8, 4) is 17.9 Å². The van der Waals surface area contributed by atoms with Crippen LogP contribution < -0.4 is 0 Å². The zero-order valence-electron chi connectivity index (χ0n) is 15.1. The van der Waals surface area contributed by atoms with Crippen LogP contribution in [0.4, 0.5) is 9.18 Å². The molecular formula is C20H21FN2O3. The number of benzene rings is 1. The van der Waals surface area contributed by atoms with E-state index in [1.807, 2.05) is 19.9 Å². The van der Waals surface area contributed by atoms with Gasteiger partial charge >= 0.3 is 6.09 Å². The van der Waals surface area contributed by atoms with E-state index < -0.39 is 11.4 Å². The van der Waals surface area contributed by atoms with Crippen LogP contribution in [0.5, 0.6) is 0 Å². The predicted molar refractivity (Wildman–Crippen MR) is 94.7 cm³/mol. The molecular weight excluding hydrogens is 335 g/mol. The number of ether oxygens (including phenoxy) is 2. The van der Waals surface area contributed by atoms with E-state index in [4.69, 9.17) is 14.7 Å². The normalized spacial score (nSPS) is 16.7. The third kappa shape index (κ3) is 4.62. The van der Waals surface area contributed by atoms with Crippen molar-refractivity contribution in [2.45, 2.75) is 25.8 Å². The Labute approximate surface area is 153 Å². The van der Waals surface area contributed by atoms with E-state index in [-0.39, 0.29) is 18.3 Å². The first kappa shape index (κ1) is 19.5. The van der Waals surface area contributed by atoms with Crippen LogP contribution in [0.25, 0.3) is 0 Å². The fourth-order valence-corrected chi connectivity index (χ4v) is 2.78. The van der Waals surface area contributed by atoms with Crippen molar-refractivity contribution in [2.75, 3.05) is 26.9 Å². The molecule has 1 saturated heterocycles. The Morgan fingerprint density at radius 2 is 2.08 bits per heavy atom. The van der Waals surface area contributed by atoms with Gasteiger partial charge in [-0.15, -0.1) is 0 Å². The van der Waals surface area contributed by atoms with Crippen molar-refractivity contribution < 1.29 is 18.7 Å². The summed E-state index contributed by atoms with van der Waals surface area (Å²) in [5, 5.41) is 8.88. The molecule has 1 aliphatic rings. The number of rotatable bonds is 3. The van der Waals surface area contributed by atoms with Crippen molar-refractivity contribution in [3.05, 3.63) is 46.8 Å². The Morgan fingerprint density at radius 3 is 2.77 bits per heavy atom. The molecule has 0 saturated carbocycles. The Balaban J connectivity index is 2.12. The monoisotopic (exact) mass is 356 g/mol. The van der Waals surface area contributed by atoms with Gasteiger partial charge in [-0.2, -0.15) is 5.26 Å². The van der Waals surface area contributed by atoms with Gasteiger partial charge in [-0.05, 0) is 50.1 Å². The van der Waals surface area contributed by atoms with Gasteiger partial charge in [0.2, 0.25) is 0 Å². The van der Waals surface area contributed by atoms with Crippen molar-refractivity contribution in [2.24, 2.45) is 0 Å². The summed E-state index contributed by atoms with van der Waals surface area (Å²) >= 11 is 0. The zero-order chi connectivity index (χ0) is 19.2. The van der Waals surface area contributed by atoms with Gasteiger partial charge in [0.25, 0.3) is 0 Å². The number of hydrogen-bond donors (Lipinski definition) is 0. The molecule has 0 N–H and O–H groups in total. The zero-order valence-corrected chi connectivity index (χ0v) is 15.1.